The van der Waals surface area contributed by atoms with Gasteiger partial charge in [-0.1, -0.05) is 23.7 Å². The zero-order chi connectivity index (χ0) is 23.6. The van der Waals surface area contributed by atoms with Gasteiger partial charge in [0.2, 0.25) is 0 Å². The van der Waals surface area contributed by atoms with E-state index in [2.05, 4.69) is 25.9 Å². The Hall–Kier alpha value is -3.50. The van der Waals surface area contributed by atoms with Crippen LogP contribution in [0.1, 0.15) is 19.4 Å². The van der Waals surface area contributed by atoms with Crippen LogP contribution in [0.4, 0.5) is 21.7 Å². The Labute approximate surface area is 195 Å². The number of rotatable bonds is 7. The first-order valence-corrected chi connectivity index (χ1v) is 11.9. The molecule has 2 N–H and O–H groups in total. The van der Waals surface area contributed by atoms with E-state index in [0.29, 0.717) is 28.5 Å². The molecule has 0 spiro atoms. The summed E-state index contributed by atoms with van der Waals surface area (Å²) in [6, 6.07) is 14.0. The second-order valence-corrected chi connectivity index (χ2v) is 10.3. The van der Waals surface area contributed by atoms with Gasteiger partial charge in [-0.05, 0) is 44.2 Å². The van der Waals surface area contributed by atoms with Crippen molar-refractivity contribution < 1.29 is 12.8 Å². The van der Waals surface area contributed by atoms with E-state index < -0.39 is 20.9 Å². The fraction of sp³-hybridized carbons (Fsp3) is 0.136. The quantitative estimate of drug-likeness (QED) is 0.285. The molecule has 4 rings (SSSR count). The summed E-state index contributed by atoms with van der Waals surface area (Å²) in [4.78, 5) is 4.62. The molecule has 2 heterocycles. The van der Waals surface area contributed by atoms with Crippen LogP contribution in [-0.4, -0.2) is 34.5 Å². The van der Waals surface area contributed by atoms with Gasteiger partial charge in [0.1, 0.15) is 11.6 Å². The third kappa shape index (κ3) is 4.81. The smallest absolute Gasteiger partial charge is 0.182 e. The van der Waals surface area contributed by atoms with E-state index in [4.69, 9.17) is 11.6 Å². The summed E-state index contributed by atoms with van der Waals surface area (Å²) in [5.74, 6) is 0.423. The number of aromatic nitrogens is 3. The van der Waals surface area contributed by atoms with Crippen LogP contribution in [0.15, 0.2) is 70.8 Å². The molecule has 0 atom stereocenters. The van der Waals surface area contributed by atoms with Crippen molar-refractivity contribution in [2.75, 3.05) is 10.7 Å². The maximum atomic E-state index is 13.2. The first kappa shape index (κ1) is 22.7. The van der Waals surface area contributed by atoms with Gasteiger partial charge in [-0.25, -0.2) is 17.8 Å². The molecule has 4 aromatic rings. The lowest BCUT2D eigenvalue weighted by atomic mass is 10.2. The van der Waals surface area contributed by atoms with Crippen molar-refractivity contribution in [3.63, 3.8) is 0 Å². The molecule has 33 heavy (non-hydrogen) atoms. The minimum absolute atomic E-state index is 0.190. The molecule has 170 valence electrons. The number of hydrogen-bond acceptors (Lipinski definition) is 7. The van der Waals surface area contributed by atoms with Gasteiger partial charge in [-0.2, -0.15) is 14.7 Å². The number of anilines is 3. The molecule has 0 aliphatic heterocycles. The van der Waals surface area contributed by atoms with Gasteiger partial charge in [-0.15, -0.1) is 0 Å². The van der Waals surface area contributed by atoms with Crippen molar-refractivity contribution in [1.82, 2.24) is 14.6 Å². The third-order valence-corrected chi connectivity index (χ3v) is 7.32. The highest BCUT2D eigenvalue weighted by atomic mass is 35.5. The van der Waals surface area contributed by atoms with Gasteiger partial charge in [0, 0.05) is 17.7 Å². The first-order chi connectivity index (χ1) is 15.8. The highest BCUT2D eigenvalue weighted by Gasteiger charge is 2.23. The SMILES string of the molecule is CC(C)S(=O)(=O)c1ccccc1Nc1cc(N/N=C/c2ccc(F)cc2Cl)nc2ccnn12. The Morgan fingerprint density at radius 3 is 2.70 bits per heavy atom. The predicted molar refractivity (Wildman–Crippen MR) is 128 cm³/mol. The number of nitrogens with one attached hydrogen (secondary N) is 2. The number of hydrazone groups is 1. The molecule has 0 amide bonds. The zero-order valence-electron chi connectivity index (χ0n) is 17.7. The number of sulfone groups is 1. The van der Waals surface area contributed by atoms with Crippen molar-refractivity contribution >= 4 is 50.6 Å². The van der Waals surface area contributed by atoms with Crippen molar-refractivity contribution in [3.8, 4) is 0 Å². The van der Waals surface area contributed by atoms with E-state index in [1.807, 2.05) is 0 Å². The highest BCUT2D eigenvalue weighted by molar-refractivity contribution is 7.92. The molecule has 0 aliphatic rings. The molecule has 0 saturated heterocycles. The van der Waals surface area contributed by atoms with E-state index in [0.717, 1.165) is 0 Å². The third-order valence-electron chi connectivity index (χ3n) is 4.78. The van der Waals surface area contributed by atoms with Crippen molar-refractivity contribution in [2.24, 2.45) is 5.10 Å². The Kier molecular flexibility index (Phi) is 6.30. The Morgan fingerprint density at radius 2 is 1.94 bits per heavy atom. The molecule has 0 unspecified atom stereocenters. The van der Waals surface area contributed by atoms with Gasteiger partial charge >= 0.3 is 0 Å². The molecule has 2 aromatic carbocycles. The summed E-state index contributed by atoms with van der Waals surface area (Å²) >= 11 is 6.02. The lowest BCUT2D eigenvalue weighted by Gasteiger charge is -2.15. The van der Waals surface area contributed by atoms with E-state index >= 15 is 0 Å². The maximum absolute atomic E-state index is 13.2. The molecule has 11 heteroatoms. The fourth-order valence-corrected chi connectivity index (χ4v) is 4.46. The van der Waals surface area contributed by atoms with Gasteiger partial charge in [0.15, 0.2) is 21.3 Å². The van der Waals surface area contributed by atoms with Gasteiger partial charge in [0.25, 0.3) is 0 Å². The van der Waals surface area contributed by atoms with Crippen molar-refractivity contribution in [3.05, 3.63) is 77.2 Å². The molecule has 0 fully saturated rings. The van der Waals surface area contributed by atoms with Gasteiger partial charge in [-0.3, -0.25) is 5.43 Å². The molecule has 0 aliphatic carbocycles. The molecule has 0 bridgehead atoms. The standard InChI is InChI=1S/C22H20ClFN6O2S/c1-14(2)33(31,32)19-6-4-3-5-18(19)27-22-12-20(28-21-9-10-26-30(21)22)29-25-13-15-7-8-16(24)11-17(15)23/h3-14,27H,1-2H3,(H,28,29)/b25-13+. The molecule has 0 saturated carbocycles. The Balaban J connectivity index is 1.66. The molecular formula is C22H20ClFN6O2S. The summed E-state index contributed by atoms with van der Waals surface area (Å²) < 4.78 is 40.4. The highest BCUT2D eigenvalue weighted by Crippen LogP contribution is 2.28. The summed E-state index contributed by atoms with van der Waals surface area (Å²) in [5.41, 5.74) is 4.28. The monoisotopic (exact) mass is 486 g/mol. The van der Waals surface area contributed by atoms with Crippen LogP contribution in [0, 0.1) is 5.82 Å². The van der Waals surface area contributed by atoms with Gasteiger partial charge in [0.05, 0.1) is 33.3 Å². The van der Waals surface area contributed by atoms with Crippen LogP contribution in [0.5, 0.6) is 0 Å². The van der Waals surface area contributed by atoms with Crippen molar-refractivity contribution in [1.29, 1.82) is 0 Å². The second-order valence-electron chi connectivity index (χ2n) is 7.38. The second kappa shape index (κ2) is 9.16. The summed E-state index contributed by atoms with van der Waals surface area (Å²) in [6.45, 7) is 3.27. The van der Waals surface area contributed by atoms with Crippen molar-refractivity contribution in [2.45, 2.75) is 24.0 Å². The van der Waals surface area contributed by atoms with Gasteiger partial charge < -0.3 is 5.32 Å². The van der Waals surface area contributed by atoms with E-state index in [9.17, 15) is 12.8 Å². The summed E-state index contributed by atoms with van der Waals surface area (Å²) in [6.07, 6.45) is 3.03. The number of benzene rings is 2. The molecule has 8 nitrogen and oxygen atoms in total. The Bertz CT molecular complexity index is 1450. The topological polar surface area (TPSA) is 101 Å². The van der Waals surface area contributed by atoms with Crippen LogP contribution >= 0.6 is 11.6 Å². The van der Waals surface area contributed by atoms with Crippen LogP contribution < -0.4 is 10.7 Å². The molecule has 0 radical (unpaired) electrons. The van der Waals surface area contributed by atoms with Crippen LogP contribution in [0.25, 0.3) is 5.65 Å². The number of halogens is 2. The fourth-order valence-electron chi connectivity index (χ4n) is 3.04. The largest absolute Gasteiger partial charge is 0.339 e. The van der Waals surface area contributed by atoms with Crippen LogP contribution in [0.3, 0.4) is 0 Å². The van der Waals surface area contributed by atoms with E-state index in [1.165, 1.54) is 24.4 Å². The number of fused-ring (bicyclic) bond motifs is 1. The van der Waals surface area contributed by atoms with E-state index in [1.54, 1.807) is 61.0 Å². The predicted octanol–water partition coefficient (Wildman–Crippen LogP) is 4.89. The average Bonchev–Trinajstić information content (AvgIpc) is 3.24. The first-order valence-electron chi connectivity index (χ1n) is 9.94. The van der Waals surface area contributed by atoms with Crippen LogP contribution in [-0.2, 0) is 9.84 Å². The number of hydrogen-bond donors (Lipinski definition) is 2. The number of para-hydroxylation sites is 1. The minimum atomic E-state index is -3.52. The summed E-state index contributed by atoms with van der Waals surface area (Å²) in [5, 5.41) is 11.2. The lowest BCUT2D eigenvalue weighted by Crippen LogP contribution is -2.16. The normalized spacial score (nSPS) is 12.0. The lowest BCUT2D eigenvalue weighted by molar-refractivity contribution is 0.587. The average molecular weight is 487 g/mol. The minimum Gasteiger partial charge on any atom is -0.339 e. The molecule has 2 aromatic heterocycles. The van der Waals surface area contributed by atoms with E-state index in [-0.39, 0.29) is 9.92 Å². The zero-order valence-corrected chi connectivity index (χ0v) is 19.3. The molecular weight excluding hydrogens is 467 g/mol. The summed E-state index contributed by atoms with van der Waals surface area (Å²) in [7, 11) is -3.52. The van der Waals surface area contributed by atoms with Crippen LogP contribution in [0.2, 0.25) is 5.02 Å². The Morgan fingerprint density at radius 1 is 1.15 bits per heavy atom. The maximum Gasteiger partial charge on any atom is 0.182 e. The number of nitrogens with zero attached hydrogens (tertiary/aromatic N) is 4.